The Morgan fingerprint density at radius 1 is 1.44 bits per heavy atom. The van der Waals surface area contributed by atoms with Crippen LogP contribution in [0.5, 0.6) is 0 Å². The Hall–Kier alpha value is -0.870. The number of hydrogen-bond acceptors (Lipinski definition) is 3. The second kappa shape index (κ2) is 4.97. The monoisotopic (exact) mass is 259 g/mol. The number of thiol groups is 1. The molecular weight excluding hydrogens is 246 g/mol. The molecule has 0 saturated carbocycles. The maximum atomic E-state index is 11.5. The Labute approximate surface area is 106 Å². The summed E-state index contributed by atoms with van der Waals surface area (Å²) in [5.74, 6) is 0. The van der Waals surface area contributed by atoms with Gasteiger partial charge in [0.1, 0.15) is 5.60 Å². The maximum absolute atomic E-state index is 11.5. The molecule has 0 atom stereocenters. The number of anilines is 1. The van der Waals surface area contributed by atoms with Crippen molar-refractivity contribution in [1.82, 2.24) is 0 Å². The summed E-state index contributed by atoms with van der Waals surface area (Å²) in [4.78, 5) is 12.1. The number of rotatable bonds is 1. The van der Waals surface area contributed by atoms with Gasteiger partial charge in [0.25, 0.3) is 0 Å². The van der Waals surface area contributed by atoms with Crippen molar-refractivity contribution in [2.75, 3.05) is 5.32 Å². The quantitative estimate of drug-likeness (QED) is 0.749. The molecule has 0 aliphatic heterocycles. The van der Waals surface area contributed by atoms with E-state index in [2.05, 4.69) is 17.9 Å². The van der Waals surface area contributed by atoms with Crippen LogP contribution in [0.4, 0.5) is 10.5 Å². The Morgan fingerprint density at radius 2 is 2.06 bits per heavy atom. The summed E-state index contributed by atoms with van der Waals surface area (Å²) >= 11 is 9.97. The number of ether oxygens (including phenoxy) is 1. The number of nitrogens with one attached hydrogen (secondary N) is 1. The smallest absolute Gasteiger partial charge is 0.412 e. The van der Waals surface area contributed by atoms with E-state index in [1.165, 1.54) is 0 Å². The van der Waals surface area contributed by atoms with Crippen LogP contribution in [0.3, 0.4) is 0 Å². The lowest BCUT2D eigenvalue weighted by molar-refractivity contribution is 0.0635. The van der Waals surface area contributed by atoms with Crippen molar-refractivity contribution in [2.24, 2.45) is 0 Å². The summed E-state index contributed by atoms with van der Waals surface area (Å²) in [6.07, 6.45) is -0.509. The van der Waals surface area contributed by atoms with E-state index in [1.54, 1.807) is 39.0 Å². The molecule has 16 heavy (non-hydrogen) atoms. The minimum absolute atomic E-state index is 0.509. The van der Waals surface area contributed by atoms with E-state index in [9.17, 15) is 4.79 Å². The predicted molar refractivity (Wildman–Crippen MR) is 68.6 cm³/mol. The summed E-state index contributed by atoms with van der Waals surface area (Å²) in [5, 5.41) is 3.17. The van der Waals surface area contributed by atoms with Gasteiger partial charge in [0.15, 0.2) is 0 Å². The molecule has 5 heteroatoms. The average Bonchev–Trinajstić information content (AvgIpc) is 2.06. The summed E-state index contributed by atoms with van der Waals surface area (Å²) < 4.78 is 5.11. The van der Waals surface area contributed by atoms with E-state index in [1.807, 2.05) is 0 Å². The van der Waals surface area contributed by atoms with Gasteiger partial charge in [-0.05, 0) is 39.0 Å². The van der Waals surface area contributed by atoms with Crippen LogP contribution in [0.2, 0.25) is 5.02 Å². The molecule has 0 aromatic heterocycles. The van der Waals surface area contributed by atoms with Crippen molar-refractivity contribution in [2.45, 2.75) is 31.3 Å². The fourth-order valence-electron chi connectivity index (χ4n) is 1.02. The van der Waals surface area contributed by atoms with Crippen molar-refractivity contribution in [3.63, 3.8) is 0 Å². The van der Waals surface area contributed by atoms with E-state index in [0.717, 1.165) is 0 Å². The molecule has 0 aliphatic carbocycles. The van der Waals surface area contributed by atoms with E-state index in [0.29, 0.717) is 15.6 Å². The van der Waals surface area contributed by atoms with Crippen LogP contribution in [-0.4, -0.2) is 11.7 Å². The molecule has 1 rings (SSSR count). The van der Waals surface area contributed by atoms with Gasteiger partial charge in [0.05, 0.1) is 5.69 Å². The molecule has 0 unspecified atom stereocenters. The van der Waals surface area contributed by atoms with Crippen LogP contribution >= 0.6 is 24.2 Å². The minimum atomic E-state index is -0.521. The van der Waals surface area contributed by atoms with Crippen LogP contribution in [0.1, 0.15) is 20.8 Å². The van der Waals surface area contributed by atoms with Gasteiger partial charge in [0, 0.05) is 9.92 Å². The van der Waals surface area contributed by atoms with Crippen molar-refractivity contribution >= 4 is 36.0 Å². The highest BCUT2D eigenvalue weighted by Gasteiger charge is 2.16. The van der Waals surface area contributed by atoms with Crippen LogP contribution in [0.15, 0.2) is 23.1 Å². The molecule has 1 amide bonds. The molecule has 0 aliphatic rings. The molecule has 1 N–H and O–H groups in total. The molecule has 0 heterocycles. The Kier molecular flexibility index (Phi) is 4.10. The fourth-order valence-corrected chi connectivity index (χ4v) is 1.54. The van der Waals surface area contributed by atoms with Gasteiger partial charge < -0.3 is 4.74 Å². The minimum Gasteiger partial charge on any atom is -0.444 e. The first-order valence-electron chi connectivity index (χ1n) is 4.76. The summed E-state index contributed by atoms with van der Waals surface area (Å²) in [7, 11) is 0. The summed E-state index contributed by atoms with van der Waals surface area (Å²) in [6.45, 7) is 5.40. The molecule has 1 aromatic rings. The lowest BCUT2D eigenvalue weighted by atomic mass is 10.2. The summed E-state index contributed by atoms with van der Waals surface area (Å²) in [6, 6.07) is 5.00. The third kappa shape index (κ3) is 4.33. The number of amides is 1. The zero-order chi connectivity index (χ0) is 12.3. The zero-order valence-corrected chi connectivity index (χ0v) is 11.0. The highest BCUT2D eigenvalue weighted by molar-refractivity contribution is 7.80. The van der Waals surface area contributed by atoms with Crippen molar-refractivity contribution in [3.05, 3.63) is 23.2 Å². The SMILES string of the molecule is CC(C)(C)OC(=O)Nc1ccc(Cl)cc1S. The first-order chi connectivity index (χ1) is 7.28. The zero-order valence-electron chi connectivity index (χ0n) is 9.37. The normalized spacial score (nSPS) is 11.1. The van der Waals surface area contributed by atoms with Gasteiger partial charge in [-0.1, -0.05) is 11.6 Å². The van der Waals surface area contributed by atoms with Gasteiger partial charge in [-0.15, -0.1) is 12.6 Å². The van der Waals surface area contributed by atoms with Crippen LogP contribution < -0.4 is 5.32 Å². The van der Waals surface area contributed by atoms with Crippen molar-refractivity contribution < 1.29 is 9.53 Å². The number of benzene rings is 1. The van der Waals surface area contributed by atoms with Crippen molar-refractivity contribution in [1.29, 1.82) is 0 Å². The number of carbonyl (C=O) groups is 1. The summed E-state index contributed by atoms with van der Waals surface area (Å²) in [5.41, 5.74) is 0.0507. The van der Waals surface area contributed by atoms with E-state index < -0.39 is 11.7 Å². The Balaban J connectivity index is 2.70. The van der Waals surface area contributed by atoms with Gasteiger partial charge >= 0.3 is 6.09 Å². The highest BCUT2D eigenvalue weighted by Crippen LogP contribution is 2.24. The second-order valence-electron chi connectivity index (χ2n) is 4.29. The molecular formula is C11H14ClNO2S. The van der Waals surface area contributed by atoms with Gasteiger partial charge in [-0.2, -0.15) is 0 Å². The molecule has 0 spiro atoms. The third-order valence-electron chi connectivity index (χ3n) is 1.60. The molecule has 0 radical (unpaired) electrons. The lowest BCUT2D eigenvalue weighted by Crippen LogP contribution is -2.27. The Morgan fingerprint density at radius 3 is 2.56 bits per heavy atom. The van der Waals surface area contributed by atoms with E-state index >= 15 is 0 Å². The number of hydrogen-bond donors (Lipinski definition) is 2. The molecule has 0 bridgehead atoms. The standard InChI is InChI=1S/C11H14ClNO2S/c1-11(2,3)15-10(14)13-8-5-4-7(12)6-9(8)16/h4-6,16H,1-3H3,(H,13,14). The van der Waals surface area contributed by atoms with Gasteiger partial charge in [0.2, 0.25) is 0 Å². The largest absolute Gasteiger partial charge is 0.444 e. The molecule has 0 saturated heterocycles. The average molecular weight is 260 g/mol. The first-order valence-corrected chi connectivity index (χ1v) is 5.59. The molecule has 1 aromatic carbocycles. The topological polar surface area (TPSA) is 38.3 Å². The highest BCUT2D eigenvalue weighted by atomic mass is 35.5. The van der Waals surface area contributed by atoms with E-state index in [4.69, 9.17) is 16.3 Å². The Bertz CT molecular complexity index is 401. The number of halogens is 1. The lowest BCUT2D eigenvalue weighted by Gasteiger charge is -2.20. The van der Waals surface area contributed by atoms with Crippen LogP contribution in [-0.2, 0) is 4.74 Å². The molecule has 88 valence electrons. The predicted octanol–water partition coefficient (Wildman–Crippen LogP) is 3.98. The molecule has 0 fully saturated rings. The van der Waals surface area contributed by atoms with Crippen molar-refractivity contribution in [3.8, 4) is 0 Å². The number of carbonyl (C=O) groups excluding carboxylic acids is 1. The molecule has 3 nitrogen and oxygen atoms in total. The van der Waals surface area contributed by atoms with E-state index in [-0.39, 0.29) is 0 Å². The fraction of sp³-hybridized carbons (Fsp3) is 0.364. The van der Waals surface area contributed by atoms with Gasteiger partial charge in [-0.3, -0.25) is 5.32 Å². The maximum Gasteiger partial charge on any atom is 0.412 e. The van der Waals surface area contributed by atoms with Crippen LogP contribution in [0.25, 0.3) is 0 Å². The third-order valence-corrected chi connectivity index (χ3v) is 2.20. The van der Waals surface area contributed by atoms with Gasteiger partial charge in [-0.25, -0.2) is 4.79 Å². The first kappa shape index (κ1) is 13.2. The van der Waals surface area contributed by atoms with Crippen LogP contribution in [0, 0.1) is 0 Å². The second-order valence-corrected chi connectivity index (χ2v) is 5.21.